The molecule has 1 heterocycles. The molecule has 1 aromatic heterocycles. The number of benzene rings is 1. The molecule has 2 rings (SSSR count). The van der Waals surface area contributed by atoms with E-state index < -0.39 is 4.92 Å². The summed E-state index contributed by atoms with van der Waals surface area (Å²) in [7, 11) is 0. The van der Waals surface area contributed by atoms with Crippen molar-refractivity contribution in [2.24, 2.45) is 0 Å². The van der Waals surface area contributed by atoms with Gasteiger partial charge in [-0.15, -0.1) is 0 Å². The van der Waals surface area contributed by atoms with E-state index in [1.165, 1.54) is 6.92 Å². The van der Waals surface area contributed by atoms with Gasteiger partial charge in [0.15, 0.2) is 5.78 Å². The van der Waals surface area contributed by atoms with E-state index >= 15 is 0 Å². The molecule has 0 unspecified atom stereocenters. The maximum absolute atomic E-state index is 11.9. The third-order valence-electron chi connectivity index (χ3n) is 4.25. The number of anilines is 3. The summed E-state index contributed by atoms with van der Waals surface area (Å²) in [6.45, 7) is 8.49. The summed E-state index contributed by atoms with van der Waals surface area (Å²) >= 11 is 3.41. The van der Waals surface area contributed by atoms with Crippen LogP contribution in [-0.2, 0) is 0 Å². The first-order chi connectivity index (χ1) is 13.3. The first-order valence-corrected chi connectivity index (χ1v) is 9.93. The molecule has 1 aromatic carbocycles. The van der Waals surface area contributed by atoms with Crippen molar-refractivity contribution in [3.63, 3.8) is 0 Å². The van der Waals surface area contributed by atoms with Gasteiger partial charge in [-0.05, 0) is 61.3 Å². The Bertz CT molecular complexity index is 888. The zero-order chi connectivity index (χ0) is 20.8. The van der Waals surface area contributed by atoms with Crippen LogP contribution in [0.25, 0.3) is 0 Å². The molecule has 28 heavy (non-hydrogen) atoms. The van der Waals surface area contributed by atoms with E-state index in [0.717, 1.165) is 12.8 Å². The van der Waals surface area contributed by atoms with Crippen molar-refractivity contribution in [1.82, 2.24) is 9.97 Å². The molecular formula is C19H24BrN5O3. The van der Waals surface area contributed by atoms with Gasteiger partial charge >= 0.3 is 5.69 Å². The molecule has 0 aliphatic carbocycles. The summed E-state index contributed by atoms with van der Waals surface area (Å²) in [5.74, 6) is 0.814. The van der Waals surface area contributed by atoms with Gasteiger partial charge in [0.1, 0.15) is 5.82 Å². The van der Waals surface area contributed by atoms with Crippen LogP contribution in [-0.4, -0.2) is 33.8 Å². The minimum Gasteiger partial charge on any atom is -0.351 e. The maximum atomic E-state index is 11.9. The zero-order valence-electron chi connectivity index (χ0n) is 16.5. The van der Waals surface area contributed by atoms with Gasteiger partial charge < -0.3 is 10.2 Å². The van der Waals surface area contributed by atoms with E-state index in [0.29, 0.717) is 40.5 Å². The van der Waals surface area contributed by atoms with Crippen LogP contribution in [0.3, 0.4) is 0 Å². The topological polar surface area (TPSA) is 101 Å². The second-order valence-corrected chi connectivity index (χ2v) is 7.21. The van der Waals surface area contributed by atoms with Crippen LogP contribution in [0.1, 0.15) is 49.8 Å². The number of carbonyl (C=O) groups excluding carboxylic acids is 1. The van der Waals surface area contributed by atoms with Crippen LogP contribution in [0.15, 0.2) is 22.7 Å². The van der Waals surface area contributed by atoms with Gasteiger partial charge in [0.2, 0.25) is 11.6 Å². The molecule has 0 aliphatic rings. The molecule has 0 saturated carbocycles. The number of unbranched alkanes of at least 4 members (excludes halogenated alkanes) is 1. The first kappa shape index (κ1) is 21.7. The minimum atomic E-state index is -0.455. The fourth-order valence-electron chi connectivity index (χ4n) is 2.75. The summed E-state index contributed by atoms with van der Waals surface area (Å²) in [4.78, 5) is 33.5. The lowest BCUT2D eigenvalue weighted by molar-refractivity contribution is -0.383. The van der Waals surface area contributed by atoms with Gasteiger partial charge in [0.25, 0.3) is 0 Å². The van der Waals surface area contributed by atoms with E-state index in [2.05, 4.69) is 38.1 Å². The Hall–Kier alpha value is -2.55. The monoisotopic (exact) mass is 449 g/mol. The second-order valence-electron chi connectivity index (χ2n) is 6.36. The zero-order valence-corrected chi connectivity index (χ0v) is 18.0. The lowest BCUT2D eigenvalue weighted by Gasteiger charge is -2.22. The molecule has 0 bridgehead atoms. The summed E-state index contributed by atoms with van der Waals surface area (Å²) in [6.07, 6.45) is 1.89. The van der Waals surface area contributed by atoms with Gasteiger partial charge in [-0.1, -0.05) is 13.3 Å². The number of hydrogen-bond acceptors (Lipinski definition) is 7. The number of halogens is 1. The molecule has 0 amide bonds. The number of ketones is 1. The van der Waals surface area contributed by atoms with Gasteiger partial charge in [-0.2, -0.15) is 0 Å². The summed E-state index contributed by atoms with van der Waals surface area (Å²) in [6, 6.07) is 5.02. The number of hydrogen-bond donors (Lipinski definition) is 1. The molecule has 0 fully saturated rings. The Morgan fingerprint density at radius 1 is 1.32 bits per heavy atom. The van der Waals surface area contributed by atoms with E-state index in [4.69, 9.17) is 0 Å². The highest BCUT2D eigenvalue weighted by Crippen LogP contribution is 2.36. The second kappa shape index (κ2) is 9.59. The normalized spacial score (nSPS) is 10.6. The van der Waals surface area contributed by atoms with Gasteiger partial charge in [0, 0.05) is 23.1 Å². The van der Waals surface area contributed by atoms with Crippen molar-refractivity contribution in [3.05, 3.63) is 44.2 Å². The van der Waals surface area contributed by atoms with Crippen LogP contribution in [0.2, 0.25) is 0 Å². The van der Waals surface area contributed by atoms with Crippen LogP contribution in [0, 0.1) is 17.0 Å². The lowest BCUT2D eigenvalue weighted by Crippen LogP contribution is -2.26. The summed E-state index contributed by atoms with van der Waals surface area (Å²) < 4.78 is 0.616. The van der Waals surface area contributed by atoms with Gasteiger partial charge in [-0.25, -0.2) is 9.97 Å². The smallest absolute Gasteiger partial charge is 0.351 e. The fourth-order valence-corrected chi connectivity index (χ4v) is 3.23. The minimum absolute atomic E-state index is 0.0621. The van der Waals surface area contributed by atoms with Crippen molar-refractivity contribution >= 4 is 44.7 Å². The first-order valence-electron chi connectivity index (χ1n) is 9.13. The van der Waals surface area contributed by atoms with Crippen LogP contribution in [0.4, 0.5) is 23.0 Å². The van der Waals surface area contributed by atoms with Crippen molar-refractivity contribution in [2.45, 2.75) is 40.5 Å². The lowest BCUT2D eigenvalue weighted by atomic mass is 10.1. The van der Waals surface area contributed by atoms with Crippen LogP contribution >= 0.6 is 15.9 Å². The van der Waals surface area contributed by atoms with Gasteiger partial charge in [-0.3, -0.25) is 14.9 Å². The maximum Gasteiger partial charge on any atom is 0.353 e. The number of nitrogens with zero attached hydrogens (tertiary/aromatic N) is 4. The predicted octanol–water partition coefficient (Wildman–Crippen LogP) is 5.03. The van der Waals surface area contributed by atoms with Crippen molar-refractivity contribution < 1.29 is 9.72 Å². The SMILES string of the molecule is CCCCN(CC)c1nc(C)nc(Nc2ccc(C(C)=O)cc2Br)c1[N+](=O)[O-]. The standard InChI is InChI=1S/C19H24BrN5O3/c1-5-7-10-24(6-2)19-17(25(27)28)18(21-13(4)22-19)23-16-9-8-14(12(3)26)11-15(16)20/h8-9,11H,5-7,10H2,1-4H3,(H,21,22,23). The molecule has 9 heteroatoms. The highest BCUT2D eigenvalue weighted by Gasteiger charge is 2.28. The third kappa shape index (κ3) is 5.03. The number of carbonyl (C=O) groups is 1. The van der Waals surface area contributed by atoms with Crippen LogP contribution in [0.5, 0.6) is 0 Å². The number of nitrogens with one attached hydrogen (secondary N) is 1. The molecule has 2 aromatic rings. The van der Waals surface area contributed by atoms with E-state index in [1.54, 1.807) is 25.1 Å². The fraction of sp³-hybridized carbons (Fsp3) is 0.421. The van der Waals surface area contributed by atoms with E-state index in [-0.39, 0.29) is 17.3 Å². The average Bonchev–Trinajstić information content (AvgIpc) is 2.63. The third-order valence-corrected chi connectivity index (χ3v) is 4.91. The number of Topliss-reactive ketones (excluding diaryl/α,β-unsaturated/α-hetero) is 1. The van der Waals surface area contributed by atoms with Crippen molar-refractivity contribution in [2.75, 3.05) is 23.3 Å². The Kier molecular flexibility index (Phi) is 7.45. The van der Waals surface area contributed by atoms with E-state index in [9.17, 15) is 14.9 Å². The Morgan fingerprint density at radius 2 is 2.04 bits per heavy atom. The Labute approximate surface area is 172 Å². The summed E-state index contributed by atoms with van der Waals surface area (Å²) in [5, 5.41) is 14.9. The largest absolute Gasteiger partial charge is 0.353 e. The number of aryl methyl sites for hydroxylation is 1. The molecule has 0 spiro atoms. The molecule has 1 N–H and O–H groups in total. The van der Waals surface area contributed by atoms with Gasteiger partial charge in [0.05, 0.1) is 10.6 Å². The van der Waals surface area contributed by atoms with Crippen LogP contribution < -0.4 is 10.2 Å². The molecular weight excluding hydrogens is 426 g/mol. The Balaban J connectivity index is 2.52. The molecule has 0 radical (unpaired) electrons. The number of nitro groups is 1. The number of aromatic nitrogens is 2. The average molecular weight is 450 g/mol. The Morgan fingerprint density at radius 3 is 2.57 bits per heavy atom. The predicted molar refractivity (Wildman–Crippen MR) is 114 cm³/mol. The highest BCUT2D eigenvalue weighted by molar-refractivity contribution is 9.10. The van der Waals surface area contributed by atoms with Crippen molar-refractivity contribution in [3.8, 4) is 0 Å². The highest BCUT2D eigenvalue weighted by atomic mass is 79.9. The van der Waals surface area contributed by atoms with E-state index in [1.807, 2.05) is 11.8 Å². The quantitative estimate of drug-likeness (QED) is 0.325. The van der Waals surface area contributed by atoms with Crippen molar-refractivity contribution in [1.29, 1.82) is 0 Å². The molecule has 0 saturated heterocycles. The molecule has 8 nitrogen and oxygen atoms in total. The number of rotatable bonds is 9. The molecule has 150 valence electrons. The molecule has 0 atom stereocenters. The molecule has 0 aliphatic heterocycles. The summed E-state index contributed by atoms with van der Waals surface area (Å²) in [5.41, 5.74) is 0.961.